The van der Waals surface area contributed by atoms with Crippen LogP contribution >= 0.6 is 11.3 Å². The fourth-order valence-corrected chi connectivity index (χ4v) is 3.22. The van der Waals surface area contributed by atoms with Crippen LogP contribution in [0.25, 0.3) is 16.3 Å². The Hall–Kier alpha value is -2.81. The number of aromatic amines is 1. The molecule has 4 heterocycles. The maximum absolute atomic E-state index is 4.59. The molecule has 4 aromatic heterocycles. The summed E-state index contributed by atoms with van der Waals surface area (Å²) < 4.78 is 1.83. The van der Waals surface area contributed by atoms with Gasteiger partial charge in [0.15, 0.2) is 17.3 Å². The van der Waals surface area contributed by atoms with Gasteiger partial charge in [0.1, 0.15) is 11.6 Å². The molecule has 120 valence electrons. The fraction of sp³-hybridized carbons (Fsp3) is 0.267. The van der Waals surface area contributed by atoms with Gasteiger partial charge in [-0.15, -0.1) is 26.6 Å². The lowest BCUT2D eigenvalue weighted by molar-refractivity contribution is 0.811. The minimum Gasteiger partial charge on any atom is -0.361 e. The summed E-state index contributed by atoms with van der Waals surface area (Å²) in [6.07, 6.45) is 2.34. The molecule has 4 aromatic rings. The van der Waals surface area contributed by atoms with Gasteiger partial charge in [-0.05, 0) is 36.4 Å². The summed E-state index contributed by atoms with van der Waals surface area (Å²) in [6, 6.07) is 7.82. The monoisotopic (exact) mass is 338 g/mol. The third kappa shape index (κ3) is 2.42. The Balaban J connectivity index is 1.34. The molecular weight excluding hydrogens is 324 g/mol. The van der Waals surface area contributed by atoms with Gasteiger partial charge in [0.25, 0.3) is 0 Å². The first-order valence-corrected chi connectivity index (χ1v) is 8.66. The van der Waals surface area contributed by atoms with Gasteiger partial charge in [-0.1, -0.05) is 6.07 Å². The van der Waals surface area contributed by atoms with Gasteiger partial charge in [0.05, 0.1) is 11.4 Å². The number of H-pyrrole nitrogens is 1. The second-order valence-electron chi connectivity index (χ2n) is 5.76. The molecule has 0 aliphatic heterocycles. The van der Waals surface area contributed by atoms with Crippen molar-refractivity contribution in [2.45, 2.75) is 25.3 Å². The molecule has 1 aliphatic carbocycles. The van der Waals surface area contributed by atoms with E-state index < -0.39 is 0 Å². The van der Waals surface area contributed by atoms with Crippen LogP contribution in [0.3, 0.4) is 0 Å². The maximum Gasteiger partial charge on any atom is 0.191 e. The molecule has 8 nitrogen and oxygen atoms in total. The molecule has 24 heavy (non-hydrogen) atoms. The van der Waals surface area contributed by atoms with Crippen molar-refractivity contribution >= 4 is 22.8 Å². The normalized spacial score (nSPS) is 14.3. The van der Waals surface area contributed by atoms with Crippen LogP contribution in [-0.2, 0) is 6.54 Å². The highest BCUT2D eigenvalue weighted by Gasteiger charge is 2.29. The van der Waals surface area contributed by atoms with Crippen LogP contribution < -0.4 is 5.32 Å². The molecule has 0 radical (unpaired) electrons. The summed E-state index contributed by atoms with van der Waals surface area (Å²) in [4.78, 5) is 5.55. The highest BCUT2D eigenvalue weighted by Crippen LogP contribution is 2.38. The molecule has 0 amide bonds. The number of rotatable bonds is 5. The Labute approximate surface area is 141 Å². The summed E-state index contributed by atoms with van der Waals surface area (Å²) in [5, 5.41) is 25.5. The zero-order valence-corrected chi connectivity index (χ0v) is 13.5. The summed E-state index contributed by atoms with van der Waals surface area (Å²) in [5.41, 5.74) is 0.780. The molecule has 0 spiro atoms. The molecule has 0 bridgehead atoms. The van der Waals surface area contributed by atoms with Crippen LogP contribution in [0.1, 0.15) is 30.4 Å². The summed E-state index contributed by atoms with van der Waals surface area (Å²) >= 11 is 1.62. The van der Waals surface area contributed by atoms with E-state index in [9.17, 15) is 0 Å². The van der Waals surface area contributed by atoms with Crippen LogP contribution in [-0.4, -0.2) is 35.0 Å². The summed E-state index contributed by atoms with van der Waals surface area (Å²) in [7, 11) is 0. The molecule has 0 atom stereocenters. The minimum atomic E-state index is 0.505. The number of aromatic nitrogens is 7. The first-order valence-electron chi connectivity index (χ1n) is 7.78. The molecule has 9 heteroatoms. The molecule has 0 aromatic carbocycles. The molecular formula is C15H14N8S. The van der Waals surface area contributed by atoms with Crippen molar-refractivity contribution in [2.24, 2.45) is 0 Å². The van der Waals surface area contributed by atoms with Crippen LogP contribution in [0.4, 0.5) is 5.82 Å². The van der Waals surface area contributed by atoms with Gasteiger partial charge in [-0.2, -0.15) is 9.61 Å². The van der Waals surface area contributed by atoms with Gasteiger partial charge < -0.3 is 5.32 Å². The lowest BCUT2D eigenvalue weighted by atomic mass is 10.4. The maximum atomic E-state index is 4.59. The second kappa shape index (κ2) is 5.38. The van der Waals surface area contributed by atoms with E-state index in [2.05, 4.69) is 35.8 Å². The van der Waals surface area contributed by atoms with Crippen molar-refractivity contribution in [3.8, 4) is 10.7 Å². The highest BCUT2D eigenvalue weighted by molar-refractivity contribution is 7.13. The molecule has 0 unspecified atom stereocenters. The van der Waals surface area contributed by atoms with E-state index in [0.717, 1.165) is 33.8 Å². The van der Waals surface area contributed by atoms with Crippen molar-refractivity contribution < 1.29 is 0 Å². The zero-order chi connectivity index (χ0) is 15.9. The first kappa shape index (κ1) is 13.6. The van der Waals surface area contributed by atoms with E-state index in [0.29, 0.717) is 12.5 Å². The third-order valence-electron chi connectivity index (χ3n) is 3.94. The van der Waals surface area contributed by atoms with Gasteiger partial charge in [0, 0.05) is 5.92 Å². The summed E-state index contributed by atoms with van der Waals surface area (Å²) in [6.45, 7) is 0.526. The molecule has 1 saturated carbocycles. The van der Waals surface area contributed by atoms with Crippen LogP contribution in [0.5, 0.6) is 0 Å². The smallest absolute Gasteiger partial charge is 0.191 e. The van der Waals surface area contributed by atoms with E-state index in [1.807, 2.05) is 34.2 Å². The number of anilines is 1. The average Bonchev–Trinajstić information content (AvgIpc) is 3.06. The SMILES string of the molecule is c1csc(-c2n[nH]c(CNc3ccc4nnc(C5CC5)n4n3)n2)c1. The van der Waals surface area contributed by atoms with Crippen molar-refractivity contribution in [3.05, 3.63) is 41.3 Å². The average molecular weight is 338 g/mol. The van der Waals surface area contributed by atoms with E-state index in [-0.39, 0.29) is 0 Å². The third-order valence-corrected chi connectivity index (χ3v) is 4.81. The molecule has 5 rings (SSSR count). The van der Waals surface area contributed by atoms with E-state index in [1.165, 1.54) is 12.8 Å². The van der Waals surface area contributed by atoms with Gasteiger partial charge in [-0.25, -0.2) is 4.98 Å². The molecule has 1 fully saturated rings. The highest BCUT2D eigenvalue weighted by atomic mass is 32.1. The summed E-state index contributed by atoms with van der Waals surface area (Å²) in [5.74, 6) is 3.71. The number of thiophene rings is 1. The molecule has 2 N–H and O–H groups in total. The van der Waals surface area contributed by atoms with Crippen LogP contribution in [0, 0.1) is 0 Å². The zero-order valence-electron chi connectivity index (χ0n) is 12.7. The fourth-order valence-electron chi connectivity index (χ4n) is 2.56. The second-order valence-corrected chi connectivity index (χ2v) is 6.71. The number of nitrogens with zero attached hydrogens (tertiary/aromatic N) is 6. The van der Waals surface area contributed by atoms with Crippen molar-refractivity contribution in [1.82, 2.24) is 35.0 Å². The van der Waals surface area contributed by atoms with Crippen LogP contribution in [0.15, 0.2) is 29.6 Å². The number of fused-ring (bicyclic) bond motifs is 1. The van der Waals surface area contributed by atoms with E-state index >= 15 is 0 Å². The van der Waals surface area contributed by atoms with Gasteiger partial charge in [-0.3, -0.25) is 5.10 Å². The van der Waals surface area contributed by atoms with Crippen LogP contribution in [0.2, 0.25) is 0 Å². The van der Waals surface area contributed by atoms with E-state index in [1.54, 1.807) is 11.3 Å². The van der Waals surface area contributed by atoms with Gasteiger partial charge in [0.2, 0.25) is 0 Å². The molecule has 0 saturated heterocycles. The quantitative estimate of drug-likeness (QED) is 0.580. The Morgan fingerprint density at radius 2 is 2.21 bits per heavy atom. The number of nitrogens with one attached hydrogen (secondary N) is 2. The van der Waals surface area contributed by atoms with E-state index in [4.69, 9.17) is 0 Å². The minimum absolute atomic E-state index is 0.505. The Bertz CT molecular complexity index is 982. The first-order chi connectivity index (χ1) is 11.9. The molecule has 1 aliphatic rings. The number of hydrogen-bond donors (Lipinski definition) is 2. The Morgan fingerprint density at radius 3 is 3.04 bits per heavy atom. The van der Waals surface area contributed by atoms with Crippen molar-refractivity contribution in [1.29, 1.82) is 0 Å². The predicted octanol–water partition coefficient (Wildman–Crippen LogP) is 2.46. The predicted molar refractivity (Wildman–Crippen MR) is 89.8 cm³/mol. The largest absolute Gasteiger partial charge is 0.361 e. The Morgan fingerprint density at radius 1 is 1.25 bits per heavy atom. The standard InChI is InChI=1S/C15H14N8S/c1-2-10(24-7-1)14-17-12(18-20-14)8-16-11-5-6-13-19-21-15(9-3-4-9)23(13)22-11/h1-2,5-7,9H,3-4,8H2,(H,16,22)(H,17,18,20). The lowest BCUT2D eigenvalue weighted by Gasteiger charge is -2.04. The Kier molecular flexibility index (Phi) is 3.05. The van der Waals surface area contributed by atoms with Crippen molar-refractivity contribution in [3.63, 3.8) is 0 Å². The lowest BCUT2D eigenvalue weighted by Crippen LogP contribution is -2.06. The number of hydrogen-bond acceptors (Lipinski definition) is 7. The van der Waals surface area contributed by atoms with Crippen molar-refractivity contribution in [2.75, 3.05) is 5.32 Å². The van der Waals surface area contributed by atoms with Gasteiger partial charge >= 0.3 is 0 Å². The topological polar surface area (TPSA) is 96.7 Å².